The van der Waals surface area contributed by atoms with E-state index in [0.717, 1.165) is 47.9 Å². The number of halogens is 1. The van der Waals surface area contributed by atoms with E-state index in [1.807, 2.05) is 18.2 Å². The first kappa shape index (κ1) is 40.7. The largest absolute Gasteiger partial charge is 0.508 e. The second-order valence-corrected chi connectivity index (χ2v) is 12.9. The number of carbonyl (C=O) groups is 2. The minimum atomic E-state index is -1.26. The van der Waals surface area contributed by atoms with Crippen LogP contribution in [-0.2, 0) is 19.9 Å². The van der Waals surface area contributed by atoms with Crippen LogP contribution in [0, 0.1) is 0 Å². The van der Waals surface area contributed by atoms with E-state index < -0.39 is 40.2 Å². The highest BCUT2D eigenvalue weighted by atomic mass is 35.5. The topological polar surface area (TPSA) is 218 Å². The molecule has 1 aliphatic rings. The molecule has 1 fully saturated rings. The molecule has 1 aromatic heterocycles. The first-order valence-electron chi connectivity index (χ1n) is 16.6. The average Bonchev–Trinajstić information content (AvgIpc) is 3.55. The standard InChI is InChI=1S/C21H26ClNO.C15H10O7.C4H4O4/c1-21(17-7-4-3-5-8-17,18-10-12-19(22)13-11-18)24-16-14-20-9-6-15-23(20)2;16-7-4-10(19)12-11(5-7)22-15(14(21)13(12)20)6-1-2-8(17)9(18)3-6;5-3(6)1-2-4(7)8/h3-5,7-8,10-13,20H,6,9,14-16H2,1-2H3;1-5,16-19,21H;1-2H,(H,5,6)(H,7,8). The molecule has 13 nitrogen and oxygen atoms in total. The van der Waals surface area contributed by atoms with E-state index in [1.54, 1.807) is 0 Å². The molecule has 1 saturated heterocycles. The minimum Gasteiger partial charge on any atom is -0.508 e. The molecule has 0 radical (unpaired) electrons. The number of phenols is 4. The number of benzene rings is 4. The summed E-state index contributed by atoms with van der Waals surface area (Å²) in [5.41, 5.74) is 0.965. The second kappa shape index (κ2) is 18.1. The molecule has 54 heavy (non-hydrogen) atoms. The molecule has 2 unspecified atom stereocenters. The Morgan fingerprint density at radius 3 is 2.07 bits per heavy atom. The average molecular weight is 762 g/mol. The van der Waals surface area contributed by atoms with Gasteiger partial charge in [-0.05, 0) is 81.2 Å². The van der Waals surface area contributed by atoms with Crippen molar-refractivity contribution >= 4 is 34.5 Å². The third-order valence-corrected chi connectivity index (χ3v) is 9.03. The Bertz CT molecular complexity index is 2150. The van der Waals surface area contributed by atoms with Crippen LogP contribution >= 0.6 is 11.6 Å². The number of rotatable bonds is 9. The summed E-state index contributed by atoms with van der Waals surface area (Å²) in [7, 11) is 2.22. The van der Waals surface area contributed by atoms with Gasteiger partial charge in [-0.2, -0.15) is 0 Å². The lowest BCUT2D eigenvalue weighted by atomic mass is 9.88. The molecule has 2 atom stereocenters. The number of likely N-dealkylation sites (tertiary alicyclic amines) is 1. The van der Waals surface area contributed by atoms with Gasteiger partial charge in [-0.25, -0.2) is 9.59 Å². The zero-order chi connectivity index (χ0) is 39.6. The number of aromatic hydroxyl groups is 5. The summed E-state index contributed by atoms with van der Waals surface area (Å²) in [4.78, 5) is 33.7. The van der Waals surface area contributed by atoms with Crippen molar-refractivity contribution in [2.45, 2.75) is 37.8 Å². The third-order valence-electron chi connectivity index (χ3n) is 8.77. The van der Waals surface area contributed by atoms with E-state index in [2.05, 4.69) is 55.3 Å². The van der Waals surface area contributed by atoms with Crippen molar-refractivity contribution in [3.05, 3.63) is 123 Å². The molecule has 14 heteroatoms. The second-order valence-electron chi connectivity index (χ2n) is 12.5. The predicted octanol–water partition coefficient (Wildman–Crippen LogP) is 6.80. The van der Waals surface area contributed by atoms with Crippen LogP contribution in [0.2, 0.25) is 5.02 Å². The molecule has 0 amide bonds. The Balaban J connectivity index is 0.000000202. The lowest BCUT2D eigenvalue weighted by Gasteiger charge is -2.32. The van der Waals surface area contributed by atoms with Crippen LogP contribution in [0.4, 0.5) is 0 Å². The number of carboxylic acids is 2. The number of phenolic OH excluding ortho intramolecular Hbond substituents is 4. The Morgan fingerprint density at radius 1 is 0.870 bits per heavy atom. The van der Waals surface area contributed by atoms with Gasteiger partial charge < -0.3 is 49.8 Å². The number of hydrogen-bond donors (Lipinski definition) is 7. The van der Waals surface area contributed by atoms with Crippen molar-refractivity contribution in [3.63, 3.8) is 0 Å². The molecular weight excluding hydrogens is 722 g/mol. The van der Waals surface area contributed by atoms with Crippen molar-refractivity contribution in [2.24, 2.45) is 0 Å². The summed E-state index contributed by atoms with van der Waals surface area (Å²) in [6.07, 6.45) is 4.77. The fourth-order valence-corrected chi connectivity index (χ4v) is 6.00. The molecule has 284 valence electrons. The molecule has 2 heterocycles. The molecule has 6 rings (SSSR count). The van der Waals surface area contributed by atoms with Crippen LogP contribution < -0.4 is 5.43 Å². The number of carboxylic acid groups (broad SMARTS) is 2. The summed E-state index contributed by atoms with van der Waals surface area (Å²) in [6, 6.07) is 24.7. The lowest BCUT2D eigenvalue weighted by molar-refractivity contribution is -0.134. The number of hydrogen-bond acceptors (Lipinski definition) is 11. The van der Waals surface area contributed by atoms with Crippen molar-refractivity contribution in [3.8, 4) is 40.1 Å². The molecule has 0 bridgehead atoms. The van der Waals surface area contributed by atoms with Gasteiger partial charge in [0.25, 0.3) is 0 Å². The minimum absolute atomic E-state index is 0.134. The molecule has 4 aromatic carbocycles. The highest BCUT2D eigenvalue weighted by Crippen LogP contribution is 2.38. The van der Waals surface area contributed by atoms with Gasteiger partial charge in [0, 0.05) is 47.5 Å². The first-order valence-corrected chi connectivity index (χ1v) is 17.0. The Morgan fingerprint density at radius 2 is 1.50 bits per heavy atom. The van der Waals surface area contributed by atoms with Crippen LogP contribution in [0.3, 0.4) is 0 Å². The number of ether oxygens (including phenoxy) is 1. The van der Waals surface area contributed by atoms with Gasteiger partial charge in [0.05, 0.1) is 0 Å². The highest BCUT2D eigenvalue weighted by molar-refractivity contribution is 6.30. The zero-order valence-corrected chi connectivity index (χ0v) is 30.1. The number of fused-ring (bicyclic) bond motifs is 1. The van der Waals surface area contributed by atoms with Crippen LogP contribution in [-0.4, -0.2) is 78.8 Å². The van der Waals surface area contributed by atoms with Gasteiger partial charge in [-0.3, -0.25) is 4.79 Å². The van der Waals surface area contributed by atoms with Crippen molar-refractivity contribution in [1.29, 1.82) is 0 Å². The van der Waals surface area contributed by atoms with Gasteiger partial charge in [0.1, 0.15) is 28.1 Å². The van der Waals surface area contributed by atoms with Crippen molar-refractivity contribution in [2.75, 3.05) is 20.2 Å². The van der Waals surface area contributed by atoms with Gasteiger partial charge in [-0.1, -0.05) is 54.1 Å². The van der Waals surface area contributed by atoms with E-state index in [0.29, 0.717) is 18.2 Å². The van der Waals surface area contributed by atoms with E-state index in [-0.39, 0.29) is 33.8 Å². The van der Waals surface area contributed by atoms with Crippen molar-refractivity contribution in [1.82, 2.24) is 4.90 Å². The Hall–Kier alpha value is -6.02. The van der Waals surface area contributed by atoms with Gasteiger partial charge >= 0.3 is 11.9 Å². The van der Waals surface area contributed by atoms with Crippen LogP contribution in [0.1, 0.15) is 37.3 Å². The fraction of sp³-hybridized carbons (Fsp3) is 0.225. The molecular formula is C40H40ClNO12. The number of aliphatic carboxylic acids is 2. The van der Waals surface area contributed by atoms with Crippen LogP contribution in [0.25, 0.3) is 22.3 Å². The normalized spacial score (nSPS) is 15.1. The highest BCUT2D eigenvalue weighted by Gasteiger charge is 2.31. The molecule has 0 spiro atoms. The first-order chi connectivity index (χ1) is 25.6. The van der Waals surface area contributed by atoms with Crippen LogP contribution in [0.15, 0.2) is 106 Å². The van der Waals surface area contributed by atoms with E-state index in [4.69, 9.17) is 31.0 Å². The summed E-state index contributed by atoms with van der Waals surface area (Å²) >= 11 is 6.07. The predicted molar refractivity (Wildman–Crippen MR) is 201 cm³/mol. The fourth-order valence-electron chi connectivity index (χ4n) is 5.88. The van der Waals surface area contributed by atoms with Crippen LogP contribution in [0.5, 0.6) is 28.7 Å². The van der Waals surface area contributed by atoms with Crippen molar-refractivity contribution < 1.29 is 54.5 Å². The zero-order valence-electron chi connectivity index (χ0n) is 29.3. The summed E-state index contributed by atoms with van der Waals surface area (Å²) in [6.45, 7) is 4.12. The van der Waals surface area contributed by atoms with E-state index in [1.165, 1.54) is 31.0 Å². The molecule has 0 aliphatic carbocycles. The maximum Gasteiger partial charge on any atom is 0.328 e. The maximum absolute atomic E-state index is 12.1. The monoisotopic (exact) mass is 761 g/mol. The van der Waals surface area contributed by atoms with E-state index in [9.17, 15) is 39.9 Å². The summed E-state index contributed by atoms with van der Waals surface area (Å²) in [5, 5.41) is 64.0. The SMILES string of the molecule is CN1CCCC1CCOC(C)(c1ccccc1)c1ccc(Cl)cc1.O=C(O)C=CC(=O)O.O=c1c(O)c(-c2ccc(O)c(O)c2)oc2cc(O)cc(O)c12. The van der Waals surface area contributed by atoms with E-state index >= 15 is 0 Å². The maximum atomic E-state index is 12.1. The smallest absolute Gasteiger partial charge is 0.328 e. The summed E-state index contributed by atoms with van der Waals surface area (Å²) < 4.78 is 11.8. The van der Waals surface area contributed by atoms with Gasteiger partial charge in [0.15, 0.2) is 17.3 Å². The lowest BCUT2D eigenvalue weighted by Crippen LogP contribution is -2.31. The molecule has 7 N–H and O–H groups in total. The molecule has 1 aliphatic heterocycles. The molecule has 5 aromatic rings. The number of nitrogens with zero attached hydrogens (tertiary/aromatic N) is 1. The molecule has 0 saturated carbocycles. The third kappa shape index (κ3) is 10.3. The van der Waals surface area contributed by atoms with Gasteiger partial charge in [-0.15, -0.1) is 0 Å². The van der Waals surface area contributed by atoms with Gasteiger partial charge in [0.2, 0.25) is 11.2 Å². The Labute approximate surface area is 314 Å². The Kier molecular flexibility index (Phi) is 13.7. The quantitative estimate of drug-likeness (QED) is 0.0608. The summed E-state index contributed by atoms with van der Waals surface area (Å²) in [5.74, 6) is -5.23.